The van der Waals surface area contributed by atoms with Crippen LogP contribution in [0.4, 0.5) is 0 Å². The van der Waals surface area contributed by atoms with Crippen LogP contribution in [0.3, 0.4) is 0 Å². The molecule has 0 bridgehead atoms. The Balaban J connectivity index is 0.00000225. The molecule has 25 heavy (non-hydrogen) atoms. The fourth-order valence-corrected chi connectivity index (χ4v) is 3.71. The van der Waals surface area contributed by atoms with E-state index in [2.05, 4.69) is 31.4 Å². The first-order valence-electron chi connectivity index (χ1n) is 9.24. The smallest absolute Gasteiger partial charge is 0.224 e. The highest BCUT2D eigenvalue weighted by atomic mass is 35.5. The molecule has 2 N–H and O–H groups in total. The van der Waals surface area contributed by atoms with Crippen LogP contribution in [0.5, 0.6) is 5.75 Å². The van der Waals surface area contributed by atoms with Crippen molar-refractivity contribution in [1.82, 2.24) is 10.6 Å². The molecule has 4 nitrogen and oxygen atoms in total. The zero-order valence-corrected chi connectivity index (χ0v) is 16.3. The molecule has 5 heteroatoms. The summed E-state index contributed by atoms with van der Waals surface area (Å²) in [7, 11) is 0. The Morgan fingerprint density at radius 2 is 1.88 bits per heavy atom. The predicted molar refractivity (Wildman–Crippen MR) is 103 cm³/mol. The van der Waals surface area contributed by atoms with Gasteiger partial charge >= 0.3 is 0 Å². The second-order valence-electron chi connectivity index (χ2n) is 7.87. The summed E-state index contributed by atoms with van der Waals surface area (Å²) < 4.78 is 5.71. The van der Waals surface area contributed by atoms with E-state index in [1.54, 1.807) is 0 Å². The van der Waals surface area contributed by atoms with Crippen LogP contribution in [-0.4, -0.2) is 25.6 Å². The van der Waals surface area contributed by atoms with Crippen molar-refractivity contribution in [3.63, 3.8) is 0 Å². The van der Waals surface area contributed by atoms with Gasteiger partial charge in [0.1, 0.15) is 5.75 Å². The fraction of sp³-hybridized carbons (Fsp3) is 0.650. The van der Waals surface area contributed by atoms with Crippen molar-refractivity contribution in [3.05, 3.63) is 29.8 Å². The Morgan fingerprint density at radius 3 is 2.48 bits per heavy atom. The predicted octanol–water partition coefficient (Wildman–Crippen LogP) is 3.71. The molecule has 1 aliphatic heterocycles. The van der Waals surface area contributed by atoms with Crippen molar-refractivity contribution in [2.75, 3.05) is 19.7 Å². The number of rotatable bonds is 6. The zero-order valence-electron chi connectivity index (χ0n) is 15.5. The van der Waals surface area contributed by atoms with Gasteiger partial charge in [0, 0.05) is 5.92 Å². The van der Waals surface area contributed by atoms with Gasteiger partial charge in [-0.05, 0) is 68.3 Å². The minimum atomic E-state index is 0. The molecule has 1 aromatic rings. The first-order chi connectivity index (χ1) is 11.5. The van der Waals surface area contributed by atoms with E-state index in [0.717, 1.165) is 50.3 Å². The lowest BCUT2D eigenvalue weighted by molar-refractivity contribution is -0.123. The molecule has 2 fully saturated rings. The molecular formula is C20H31ClN2O2. The summed E-state index contributed by atoms with van der Waals surface area (Å²) in [6.07, 6.45) is 3.35. The molecular weight excluding hydrogens is 336 g/mol. The Hall–Kier alpha value is -1.26. The number of carbonyl (C=O) groups is 1. The van der Waals surface area contributed by atoms with Gasteiger partial charge < -0.3 is 15.4 Å². The highest BCUT2D eigenvalue weighted by molar-refractivity contribution is 5.85. The van der Waals surface area contributed by atoms with Crippen molar-refractivity contribution >= 4 is 18.3 Å². The summed E-state index contributed by atoms with van der Waals surface area (Å²) >= 11 is 0. The number of halogens is 1. The molecule has 1 amide bonds. The Labute approximate surface area is 157 Å². The van der Waals surface area contributed by atoms with Gasteiger partial charge in [-0.3, -0.25) is 4.79 Å². The maximum atomic E-state index is 12.6. The maximum Gasteiger partial charge on any atom is 0.224 e. The summed E-state index contributed by atoms with van der Waals surface area (Å²) in [5, 5.41) is 6.58. The van der Waals surface area contributed by atoms with Gasteiger partial charge in [0.05, 0.1) is 12.6 Å². The largest absolute Gasteiger partial charge is 0.493 e. The third-order valence-corrected chi connectivity index (χ3v) is 5.43. The van der Waals surface area contributed by atoms with E-state index in [-0.39, 0.29) is 30.3 Å². The van der Waals surface area contributed by atoms with Crippen LogP contribution in [0.1, 0.15) is 51.6 Å². The lowest BCUT2D eigenvalue weighted by Crippen LogP contribution is -2.34. The van der Waals surface area contributed by atoms with E-state index >= 15 is 0 Å². The topological polar surface area (TPSA) is 50.4 Å². The monoisotopic (exact) mass is 366 g/mol. The number of piperidine rings is 1. The molecule has 1 spiro atoms. The summed E-state index contributed by atoms with van der Waals surface area (Å²) in [6, 6.07) is 8.12. The first kappa shape index (κ1) is 20.1. The highest BCUT2D eigenvalue weighted by Crippen LogP contribution is 2.58. The van der Waals surface area contributed by atoms with Crippen LogP contribution >= 0.6 is 12.4 Å². The lowest BCUT2D eigenvalue weighted by atomic mass is 9.91. The molecule has 1 aliphatic carbocycles. The van der Waals surface area contributed by atoms with Gasteiger partial charge in [0.25, 0.3) is 0 Å². The van der Waals surface area contributed by atoms with Crippen LogP contribution in [0.2, 0.25) is 0 Å². The van der Waals surface area contributed by atoms with Crippen molar-refractivity contribution in [1.29, 1.82) is 0 Å². The average molecular weight is 367 g/mol. The standard InChI is InChI=1S/C20H30N2O2.ClH/c1-14(2)13-24-17-6-4-16(5-7-17)15(3)22-19(23)18-12-20(18)8-10-21-11-9-20;/h4-7,14-15,18,21H,8-13H2,1-3H3,(H,22,23);1H. The summed E-state index contributed by atoms with van der Waals surface area (Å²) in [6.45, 7) is 9.16. The zero-order chi connectivity index (χ0) is 17.2. The number of ether oxygens (including phenoxy) is 1. The maximum absolute atomic E-state index is 12.6. The third-order valence-electron chi connectivity index (χ3n) is 5.43. The highest BCUT2D eigenvalue weighted by Gasteiger charge is 2.57. The molecule has 2 atom stereocenters. The van der Waals surface area contributed by atoms with Crippen molar-refractivity contribution in [3.8, 4) is 5.75 Å². The van der Waals surface area contributed by atoms with E-state index in [0.29, 0.717) is 11.3 Å². The van der Waals surface area contributed by atoms with E-state index in [1.807, 2.05) is 24.3 Å². The number of hydrogen-bond acceptors (Lipinski definition) is 3. The quantitative estimate of drug-likeness (QED) is 0.806. The van der Waals surface area contributed by atoms with E-state index in [4.69, 9.17) is 4.74 Å². The SMILES string of the molecule is CC(C)COc1ccc(C(C)NC(=O)C2CC23CCNCC3)cc1.Cl. The molecule has 3 rings (SSSR count). The third kappa shape index (κ3) is 4.89. The van der Waals surface area contributed by atoms with Gasteiger partial charge in [-0.2, -0.15) is 0 Å². The van der Waals surface area contributed by atoms with Gasteiger partial charge in [0.2, 0.25) is 5.91 Å². The number of carbonyl (C=O) groups excluding carboxylic acids is 1. The van der Waals surface area contributed by atoms with E-state index in [9.17, 15) is 4.79 Å². The second-order valence-corrected chi connectivity index (χ2v) is 7.87. The minimum Gasteiger partial charge on any atom is -0.493 e. The molecule has 2 aliphatic rings. The summed E-state index contributed by atoms with van der Waals surface area (Å²) in [5.74, 6) is 1.85. The Kier molecular flexibility index (Phi) is 6.75. The van der Waals surface area contributed by atoms with E-state index < -0.39 is 0 Å². The van der Waals surface area contributed by atoms with Gasteiger partial charge in [0.15, 0.2) is 0 Å². The average Bonchev–Trinajstić information content (AvgIpc) is 3.27. The molecule has 1 heterocycles. The van der Waals surface area contributed by atoms with Gasteiger partial charge in [-0.25, -0.2) is 0 Å². The molecule has 140 valence electrons. The van der Waals surface area contributed by atoms with Gasteiger partial charge in [-0.1, -0.05) is 26.0 Å². The van der Waals surface area contributed by atoms with E-state index in [1.165, 1.54) is 0 Å². The number of amides is 1. The first-order valence-corrected chi connectivity index (χ1v) is 9.24. The van der Waals surface area contributed by atoms with Crippen molar-refractivity contribution in [2.24, 2.45) is 17.3 Å². The molecule has 1 saturated carbocycles. The Bertz CT molecular complexity index is 568. The summed E-state index contributed by atoms with van der Waals surface area (Å²) in [4.78, 5) is 12.6. The molecule has 2 unspecified atom stereocenters. The fourth-order valence-electron chi connectivity index (χ4n) is 3.71. The second kappa shape index (κ2) is 8.41. The summed E-state index contributed by atoms with van der Waals surface area (Å²) in [5.41, 5.74) is 1.42. The molecule has 1 saturated heterocycles. The number of nitrogens with one attached hydrogen (secondary N) is 2. The Morgan fingerprint density at radius 1 is 1.24 bits per heavy atom. The van der Waals surface area contributed by atoms with Crippen molar-refractivity contribution < 1.29 is 9.53 Å². The van der Waals surface area contributed by atoms with Gasteiger partial charge in [-0.15, -0.1) is 12.4 Å². The molecule has 1 aromatic carbocycles. The normalized spacial score (nSPS) is 22.2. The lowest BCUT2D eigenvalue weighted by Gasteiger charge is -2.24. The molecule has 0 aromatic heterocycles. The molecule has 0 radical (unpaired) electrons. The van der Waals surface area contributed by atoms with Crippen molar-refractivity contribution in [2.45, 2.75) is 46.1 Å². The van der Waals surface area contributed by atoms with Crippen LogP contribution in [-0.2, 0) is 4.79 Å². The van der Waals surface area contributed by atoms with Crippen LogP contribution in [0.15, 0.2) is 24.3 Å². The number of hydrogen-bond donors (Lipinski definition) is 2. The minimum absolute atomic E-state index is 0. The van der Waals surface area contributed by atoms with Crippen LogP contribution in [0, 0.1) is 17.3 Å². The van der Waals surface area contributed by atoms with Crippen LogP contribution < -0.4 is 15.4 Å². The van der Waals surface area contributed by atoms with Crippen LogP contribution in [0.25, 0.3) is 0 Å². The number of benzene rings is 1.